The molecule has 0 unspecified atom stereocenters. The maximum atomic E-state index is 12.7. The molecule has 0 bridgehead atoms. The Labute approximate surface area is 139 Å². The Kier molecular flexibility index (Phi) is 3.92. The maximum absolute atomic E-state index is 12.7. The van der Waals surface area contributed by atoms with Crippen LogP contribution < -0.4 is 15.8 Å². The van der Waals surface area contributed by atoms with Crippen LogP contribution in [0.25, 0.3) is 10.9 Å². The molecular weight excluding hydrogens is 304 g/mol. The summed E-state index contributed by atoms with van der Waals surface area (Å²) >= 11 is 0. The van der Waals surface area contributed by atoms with Crippen LogP contribution in [-0.4, -0.2) is 45.9 Å². The molecule has 3 heterocycles. The molecule has 2 aromatic heterocycles. The third kappa shape index (κ3) is 2.74. The number of hydrogen-bond acceptors (Lipinski definition) is 6. The van der Waals surface area contributed by atoms with Crippen LogP contribution in [0.4, 0.5) is 5.82 Å². The molecule has 0 saturated carbocycles. The number of rotatable bonds is 3. The summed E-state index contributed by atoms with van der Waals surface area (Å²) in [5, 5.41) is 8.37. The number of nitrogens with zero attached hydrogens (tertiary/aromatic N) is 5. The summed E-state index contributed by atoms with van der Waals surface area (Å²) in [6.45, 7) is 3.97. The minimum atomic E-state index is -0.185. The van der Waals surface area contributed by atoms with Crippen LogP contribution in [0.5, 0.6) is 0 Å². The van der Waals surface area contributed by atoms with Gasteiger partial charge in [-0.25, -0.2) is 14.6 Å². The minimum absolute atomic E-state index is 0.185. The SMILES string of the molecule is O=c1c2ncnc(N3CCNCC3)c2cnn1Cc1ccccc1. The molecule has 0 atom stereocenters. The van der Waals surface area contributed by atoms with Crippen molar-refractivity contribution in [2.24, 2.45) is 0 Å². The van der Waals surface area contributed by atoms with E-state index in [-0.39, 0.29) is 5.56 Å². The molecule has 7 nitrogen and oxygen atoms in total. The van der Waals surface area contributed by atoms with Gasteiger partial charge >= 0.3 is 0 Å². The van der Waals surface area contributed by atoms with Crippen molar-refractivity contribution in [1.82, 2.24) is 25.1 Å². The zero-order valence-electron chi connectivity index (χ0n) is 13.2. The molecule has 0 radical (unpaired) electrons. The zero-order chi connectivity index (χ0) is 16.4. The molecule has 0 amide bonds. The number of nitrogens with one attached hydrogen (secondary N) is 1. The molecule has 1 N–H and O–H groups in total. The van der Waals surface area contributed by atoms with Crippen LogP contribution >= 0.6 is 0 Å². The molecule has 1 fully saturated rings. The number of fused-ring (bicyclic) bond motifs is 1. The molecule has 3 aromatic rings. The van der Waals surface area contributed by atoms with Gasteiger partial charge in [0.05, 0.1) is 18.1 Å². The smallest absolute Gasteiger partial charge is 0.293 e. The summed E-state index contributed by atoms with van der Waals surface area (Å²) in [5.74, 6) is 0.790. The van der Waals surface area contributed by atoms with E-state index in [1.54, 1.807) is 6.20 Å². The second kappa shape index (κ2) is 6.37. The molecule has 7 heteroatoms. The van der Waals surface area contributed by atoms with Gasteiger partial charge in [0, 0.05) is 26.2 Å². The Balaban J connectivity index is 1.75. The molecule has 1 saturated heterocycles. The summed E-state index contributed by atoms with van der Waals surface area (Å²) in [7, 11) is 0. The van der Waals surface area contributed by atoms with Gasteiger partial charge in [-0.15, -0.1) is 0 Å². The van der Waals surface area contributed by atoms with Gasteiger partial charge in [-0.1, -0.05) is 30.3 Å². The lowest BCUT2D eigenvalue weighted by molar-refractivity contribution is 0.585. The lowest BCUT2D eigenvalue weighted by Gasteiger charge is -2.28. The predicted molar refractivity (Wildman–Crippen MR) is 92.2 cm³/mol. The Morgan fingerprint density at radius 3 is 2.67 bits per heavy atom. The summed E-state index contributed by atoms with van der Waals surface area (Å²) in [6, 6.07) is 9.81. The highest BCUT2D eigenvalue weighted by Gasteiger charge is 2.17. The molecule has 1 aliphatic heterocycles. The Bertz CT molecular complexity index is 902. The first-order valence-electron chi connectivity index (χ1n) is 8.03. The topological polar surface area (TPSA) is 75.9 Å². The van der Waals surface area contributed by atoms with E-state index >= 15 is 0 Å². The van der Waals surface area contributed by atoms with Crippen LogP contribution in [0.3, 0.4) is 0 Å². The van der Waals surface area contributed by atoms with Gasteiger partial charge < -0.3 is 10.2 Å². The fourth-order valence-corrected chi connectivity index (χ4v) is 2.98. The third-order valence-corrected chi connectivity index (χ3v) is 4.22. The number of piperazine rings is 1. The predicted octanol–water partition coefficient (Wildman–Crippen LogP) is 0.644. The van der Waals surface area contributed by atoms with E-state index in [9.17, 15) is 4.79 Å². The standard InChI is InChI=1S/C17H18N6O/c24-17-15-14(10-21-23(17)11-13-4-2-1-3-5-13)16(20-12-19-15)22-8-6-18-7-9-22/h1-5,10,12,18H,6-9,11H2. The quantitative estimate of drug-likeness (QED) is 0.763. The second-order valence-electron chi connectivity index (χ2n) is 5.79. The molecule has 24 heavy (non-hydrogen) atoms. The highest BCUT2D eigenvalue weighted by Crippen LogP contribution is 2.20. The average Bonchev–Trinajstić information content (AvgIpc) is 2.65. The highest BCUT2D eigenvalue weighted by atomic mass is 16.1. The summed E-state index contributed by atoms with van der Waals surface area (Å²) in [6.07, 6.45) is 3.17. The fraction of sp³-hybridized carbons (Fsp3) is 0.294. The van der Waals surface area contributed by atoms with Crippen LogP contribution in [0.2, 0.25) is 0 Å². The van der Waals surface area contributed by atoms with Gasteiger partial charge in [0.25, 0.3) is 5.56 Å². The summed E-state index contributed by atoms with van der Waals surface area (Å²) < 4.78 is 1.45. The Morgan fingerprint density at radius 2 is 1.88 bits per heavy atom. The van der Waals surface area contributed by atoms with E-state index in [2.05, 4.69) is 25.3 Å². The van der Waals surface area contributed by atoms with Gasteiger partial charge in [-0.2, -0.15) is 5.10 Å². The van der Waals surface area contributed by atoms with Gasteiger partial charge in [-0.05, 0) is 5.56 Å². The normalized spacial score (nSPS) is 14.9. The van der Waals surface area contributed by atoms with Crippen LogP contribution in [0, 0.1) is 0 Å². The van der Waals surface area contributed by atoms with Crippen molar-refractivity contribution in [3.8, 4) is 0 Å². The van der Waals surface area contributed by atoms with Crippen LogP contribution in [0.15, 0.2) is 47.7 Å². The monoisotopic (exact) mass is 322 g/mol. The summed E-state index contributed by atoms with van der Waals surface area (Å²) in [4.78, 5) is 23.5. The Morgan fingerprint density at radius 1 is 1.08 bits per heavy atom. The van der Waals surface area contributed by atoms with Crippen molar-refractivity contribution in [3.63, 3.8) is 0 Å². The first-order valence-corrected chi connectivity index (χ1v) is 8.03. The van der Waals surface area contributed by atoms with Crippen molar-refractivity contribution < 1.29 is 0 Å². The molecule has 1 aliphatic rings. The van der Waals surface area contributed by atoms with Gasteiger partial charge in [-0.3, -0.25) is 4.79 Å². The van der Waals surface area contributed by atoms with Crippen LogP contribution in [0.1, 0.15) is 5.56 Å². The maximum Gasteiger partial charge on any atom is 0.293 e. The first kappa shape index (κ1) is 14.8. The average molecular weight is 322 g/mol. The molecular formula is C17H18N6O. The fourth-order valence-electron chi connectivity index (χ4n) is 2.98. The first-order chi connectivity index (χ1) is 11.8. The van der Waals surface area contributed by atoms with E-state index in [0.717, 1.165) is 37.6 Å². The highest BCUT2D eigenvalue weighted by molar-refractivity contribution is 5.87. The molecule has 1 aromatic carbocycles. The van der Waals surface area contributed by atoms with Gasteiger partial charge in [0.2, 0.25) is 0 Å². The minimum Gasteiger partial charge on any atom is -0.353 e. The van der Waals surface area contributed by atoms with E-state index in [0.29, 0.717) is 17.4 Å². The number of benzene rings is 1. The number of anilines is 1. The molecule has 0 aliphatic carbocycles. The number of aromatic nitrogens is 4. The van der Waals surface area contributed by atoms with E-state index in [4.69, 9.17) is 0 Å². The third-order valence-electron chi connectivity index (χ3n) is 4.22. The zero-order valence-corrected chi connectivity index (χ0v) is 13.2. The molecule has 4 rings (SSSR count). The molecule has 122 valence electrons. The Hall–Kier alpha value is -2.80. The van der Waals surface area contributed by atoms with E-state index in [1.165, 1.54) is 11.0 Å². The van der Waals surface area contributed by atoms with Crippen LogP contribution in [-0.2, 0) is 6.54 Å². The number of hydrogen-bond donors (Lipinski definition) is 1. The van der Waals surface area contributed by atoms with E-state index in [1.807, 2.05) is 30.3 Å². The van der Waals surface area contributed by atoms with Gasteiger partial charge in [0.15, 0.2) is 0 Å². The largest absolute Gasteiger partial charge is 0.353 e. The van der Waals surface area contributed by atoms with Crippen molar-refractivity contribution >= 4 is 16.7 Å². The molecule has 0 spiro atoms. The van der Waals surface area contributed by atoms with Gasteiger partial charge in [0.1, 0.15) is 17.7 Å². The lowest BCUT2D eigenvalue weighted by Crippen LogP contribution is -2.44. The second-order valence-corrected chi connectivity index (χ2v) is 5.79. The van der Waals surface area contributed by atoms with Crippen molar-refractivity contribution in [1.29, 1.82) is 0 Å². The van der Waals surface area contributed by atoms with Crippen molar-refractivity contribution in [3.05, 3.63) is 58.8 Å². The van der Waals surface area contributed by atoms with Crippen molar-refractivity contribution in [2.45, 2.75) is 6.54 Å². The van der Waals surface area contributed by atoms with Crippen molar-refractivity contribution in [2.75, 3.05) is 31.1 Å². The lowest BCUT2D eigenvalue weighted by atomic mass is 10.2. The van der Waals surface area contributed by atoms with E-state index < -0.39 is 0 Å². The summed E-state index contributed by atoms with van der Waals surface area (Å²) in [5.41, 5.74) is 1.27.